The smallest absolute Gasteiger partial charge is 0.407 e. The van der Waals surface area contributed by atoms with Crippen LogP contribution in [0.5, 0.6) is 0 Å². The fourth-order valence-electron chi connectivity index (χ4n) is 1.67. The van der Waals surface area contributed by atoms with E-state index in [0.717, 1.165) is 17.3 Å². The predicted molar refractivity (Wildman–Crippen MR) is 79.6 cm³/mol. The van der Waals surface area contributed by atoms with Crippen LogP contribution in [-0.2, 0) is 4.74 Å². The van der Waals surface area contributed by atoms with Crippen LogP contribution in [0.15, 0.2) is 16.9 Å². The average molecular weight is 343 g/mol. The van der Waals surface area contributed by atoms with Crippen molar-refractivity contribution in [1.29, 1.82) is 0 Å². The number of ether oxygens (including phenoxy) is 1. The largest absolute Gasteiger partial charge is 0.444 e. The topological polar surface area (TPSA) is 76.1 Å². The zero-order chi connectivity index (χ0) is 14.8. The minimum absolute atomic E-state index is 0.148. The summed E-state index contributed by atoms with van der Waals surface area (Å²) in [5.41, 5.74) is -0.631. The van der Waals surface area contributed by atoms with E-state index >= 15 is 0 Å². The Hall–Kier alpha value is -1.37. The lowest BCUT2D eigenvalue weighted by molar-refractivity contribution is 0.0524. The predicted octanol–water partition coefficient (Wildman–Crippen LogP) is 2.71. The first-order chi connectivity index (χ1) is 9.28. The van der Waals surface area contributed by atoms with E-state index in [1.165, 1.54) is 0 Å². The van der Waals surface area contributed by atoms with Gasteiger partial charge >= 0.3 is 6.09 Å². The lowest BCUT2D eigenvalue weighted by atomic mass is 10.2. The van der Waals surface area contributed by atoms with Gasteiger partial charge in [0.15, 0.2) is 0 Å². The molecule has 1 aromatic rings. The van der Waals surface area contributed by atoms with Crippen molar-refractivity contribution in [3.63, 3.8) is 0 Å². The number of anilines is 1. The first kappa shape index (κ1) is 15.0. The van der Waals surface area contributed by atoms with Crippen molar-refractivity contribution >= 4 is 28.0 Å². The van der Waals surface area contributed by atoms with Crippen LogP contribution in [0, 0.1) is 0 Å². The Morgan fingerprint density at radius 2 is 2.00 bits per heavy atom. The van der Waals surface area contributed by atoms with Crippen molar-refractivity contribution in [2.45, 2.75) is 44.8 Å². The van der Waals surface area contributed by atoms with Crippen LogP contribution in [0.4, 0.5) is 10.7 Å². The average Bonchev–Trinajstić information content (AvgIpc) is 3.08. The molecule has 2 N–H and O–H groups in total. The molecule has 1 saturated carbocycles. The van der Waals surface area contributed by atoms with Crippen LogP contribution in [-0.4, -0.2) is 33.7 Å². The van der Waals surface area contributed by atoms with Gasteiger partial charge in [-0.1, -0.05) is 0 Å². The third-order valence-electron chi connectivity index (χ3n) is 2.82. The summed E-state index contributed by atoms with van der Waals surface area (Å²) in [4.78, 5) is 20.0. The lowest BCUT2D eigenvalue weighted by Gasteiger charge is -2.22. The molecule has 1 aliphatic rings. The number of nitrogens with one attached hydrogen (secondary N) is 2. The number of aromatic nitrogens is 2. The van der Waals surface area contributed by atoms with E-state index in [4.69, 9.17) is 4.74 Å². The molecule has 7 heteroatoms. The maximum atomic E-state index is 11.6. The summed E-state index contributed by atoms with van der Waals surface area (Å²) >= 11 is 3.29. The summed E-state index contributed by atoms with van der Waals surface area (Å²) in [7, 11) is 0. The van der Waals surface area contributed by atoms with Gasteiger partial charge in [0.05, 0.1) is 10.0 Å². The van der Waals surface area contributed by atoms with E-state index in [2.05, 4.69) is 36.5 Å². The number of halogens is 1. The minimum atomic E-state index is -0.483. The zero-order valence-electron chi connectivity index (χ0n) is 11.9. The van der Waals surface area contributed by atoms with E-state index in [9.17, 15) is 4.79 Å². The molecule has 2 rings (SSSR count). The van der Waals surface area contributed by atoms with E-state index in [1.54, 1.807) is 12.4 Å². The van der Waals surface area contributed by atoms with Gasteiger partial charge in [-0.05, 0) is 49.5 Å². The maximum Gasteiger partial charge on any atom is 0.407 e. The molecule has 110 valence electrons. The van der Waals surface area contributed by atoms with E-state index in [-0.39, 0.29) is 5.54 Å². The number of carbonyl (C=O) groups is 1. The number of amides is 1. The van der Waals surface area contributed by atoms with Gasteiger partial charge in [0.1, 0.15) is 5.60 Å². The van der Waals surface area contributed by atoms with Crippen LogP contribution in [0.3, 0.4) is 0 Å². The third kappa shape index (κ3) is 4.63. The van der Waals surface area contributed by atoms with Gasteiger partial charge in [-0.25, -0.2) is 14.8 Å². The van der Waals surface area contributed by atoms with Crippen molar-refractivity contribution in [2.75, 3.05) is 11.9 Å². The highest BCUT2D eigenvalue weighted by atomic mass is 79.9. The van der Waals surface area contributed by atoms with Gasteiger partial charge in [-0.2, -0.15) is 0 Å². The summed E-state index contributed by atoms with van der Waals surface area (Å²) < 4.78 is 6.04. The maximum absolute atomic E-state index is 11.6. The summed E-state index contributed by atoms with van der Waals surface area (Å²) in [5, 5.41) is 6.05. The molecule has 1 aliphatic carbocycles. The van der Waals surface area contributed by atoms with Crippen LogP contribution in [0.25, 0.3) is 0 Å². The molecule has 6 nitrogen and oxygen atoms in total. The van der Waals surface area contributed by atoms with Gasteiger partial charge < -0.3 is 15.4 Å². The Balaban J connectivity index is 1.83. The second-order valence-electron chi connectivity index (χ2n) is 5.99. The first-order valence-electron chi connectivity index (χ1n) is 6.51. The third-order valence-corrected chi connectivity index (χ3v) is 3.23. The fourth-order valence-corrected chi connectivity index (χ4v) is 1.87. The number of alkyl carbamates (subject to hydrolysis) is 1. The van der Waals surface area contributed by atoms with Crippen LogP contribution in [0.1, 0.15) is 33.6 Å². The molecule has 1 heterocycles. The van der Waals surface area contributed by atoms with Crippen LogP contribution >= 0.6 is 15.9 Å². The molecule has 0 unspecified atom stereocenters. The highest BCUT2D eigenvalue weighted by Crippen LogP contribution is 2.37. The number of hydrogen-bond donors (Lipinski definition) is 2. The van der Waals surface area contributed by atoms with Gasteiger partial charge in [0.25, 0.3) is 0 Å². The molecule has 0 atom stereocenters. The molecule has 1 amide bonds. The Bertz CT molecular complexity index is 480. The van der Waals surface area contributed by atoms with Crippen molar-refractivity contribution in [1.82, 2.24) is 15.3 Å². The number of rotatable bonds is 4. The molecule has 0 aromatic carbocycles. The lowest BCUT2D eigenvalue weighted by Crippen LogP contribution is -2.41. The molecule has 0 saturated heterocycles. The van der Waals surface area contributed by atoms with Gasteiger partial charge in [0.2, 0.25) is 5.95 Å². The first-order valence-corrected chi connectivity index (χ1v) is 7.30. The Labute approximate surface area is 126 Å². The SMILES string of the molecule is CC(C)(C)OC(=O)NCC1(Nc2ncc(Br)cn2)CC1. The summed E-state index contributed by atoms with van der Waals surface area (Å²) in [5.74, 6) is 0.566. The Kier molecular flexibility index (Phi) is 4.17. The van der Waals surface area contributed by atoms with Crippen LogP contribution < -0.4 is 10.6 Å². The molecule has 0 bridgehead atoms. The van der Waals surface area contributed by atoms with E-state index in [0.29, 0.717) is 12.5 Å². The standard InChI is InChI=1S/C13H19BrN4O2/c1-12(2,3)20-11(19)17-8-13(4-5-13)18-10-15-6-9(14)7-16-10/h6-7H,4-5,8H2,1-3H3,(H,17,19)(H,15,16,18). The van der Waals surface area contributed by atoms with Gasteiger partial charge in [0, 0.05) is 18.9 Å². The second-order valence-corrected chi connectivity index (χ2v) is 6.90. The fraction of sp³-hybridized carbons (Fsp3) is 0.615. The number of hydrogen-bond acceptors (Lipinski definition) is 5. The molecular weight excluding hydrogens is 324 g/mol. The summed E-state index contributed by atoms with van der Waals surface area (Å²) in [6.07, 6.45) is 4.92. The van der Waals surface area contributed by atoms with Crippen molar-refractivity contribution in [3.8, 4) is 0 Å². The van der Waals surface area contributed by atoms with Crippen molar-refractivity contribution in [2.24, 2.45) is 0 Å². The highest BCUT2D eigenvalue weighted by molar-refractivity contribution is 9.10. The molecule has 0 spiro atoms. The minimum Gasteiger partial charge on any atom is -0.444 e. The zero-order valence-corrected chi connectivity index (χ0v) is 13.5. The summed E-state index contributed by atoms with van der Waals surface area (Å²) in [6.45, 7) is 6.02. The monoisotopic (exact) mass is 342 g/mol. The highest BCUT2D eigenvalue weighted by Gasteiger charge is 2.43. The molecule has 0 radical (unpaired) electrons. The molecule has 0 aliphatic heterocycles. The molecule has 20 heavy (non-hydrogen) atoms. The Morgan fingerprint density at radius 1 is 1.40 bits per heavy atom. The quantitative estimate of drug-likeness (QED) is 0.879. The van der Waals surface area contributed by atoms with Crippen molar-refractivity contribution < 1.29 is 9.53 Å². The van der Waals surface area contributed by atoms with Gasteiger partial charge in [-0.3, -0.25) is 0 Å². The normalized spacial score (nSPS) is 16.4. The molecular formula is C13H19BrN4O2. The summed E-state index contributed by atoms with van der Waals surface area (Å²) in [6, 6.07) is 0. The Morgan fingerprint density at radius 3 is 2.50 bits per heavy atom. The van der Waals surface area contributed by atoms with E-state index < -0.39 is 11.7 Å². The second kappa shape index (κ2) is 5.55. The number of nitrogens with zero attached hydrogens (tertiary/aromatic N) is 2. The number of carbonyl (C=O) groups excluding carboxylic acids is 1. The van der Waals surface area contributed by atoms with Crippen molar-refractivity contribution in [3.05, 3.63) is 16.9 Å². The molecule has 1 fully saturated rings. The van der Waals surface area contributed by atoms with Gasteiger partial charge in [-0.15, -0.1) is 0 Å². The van der Waals surface area contributed by atoms with Crippen LogP contribution in [0.2, 0.25) is 0 Å². The van der Waals surface area contributed by atoms with E-state index in [1.807, 2.05) is 20.8 Å². The molecule has 1 aromatic heterocycles.